The van der Waals surface area contributed by atoms with Crippen LogP contribution in [0.4, 0.5) is 5.69 Å². The summed E-state index contributed by atoms with van der Waals surface area (Å²) in [5, 5.41) is 9.44. The molecule has 0 unspecified atom stereocenters. The van der Waals surface area contributed by atoms with Gasteiger partial charge in [0.1, 0.15) is 0 Å². The molecule has 1 aliphatic rings. The summed E-state index contributed by atoms with van der Waals surface area (Å²) in [5.41, 5.74) is 3.35. The molecule has 0 bridgehead atoms. The summed E-state index contributed by atoms with van der Waals surface area (Å²) in [6, 6.07) is 6.79. The third kappa shape index (κ3) is 2.79. The number of rotatable bonds is 3. The van der Waals surface area contributed by atoms with Crippen LogP contribution < -0.4 is 4.90 Å². The summed E-state index contributed by atoms with van der Waals surface area (Å²) in [5.74, 6) is 0. The Morgan fingerprint density at radius 1 is 1.35 bits per heavy atom. The highest BCUT2D eigenvalue weighted by Crippen LogP contribution is 2.26. The lowest BCUT2D eigenvalue weighted by Gasteiger charge is -2.34. The maximum atomic E-state index is 9.44. The van der Waals surface area contributed by atoms with Crippen LogP contribution in [0.25, 0.3) is 0 Å². The van der Waals surface area contributed by atoms with Crippen molar-refractivity contribution in [2.24, 2.45) is 0 Å². The van der Waals surface area contributed by atoms with Crippen LogP contribution in [0, 0.1) is 6.92 Å². The Kier molecular flexibility index (Phi) is 4.02. The summed E-state index contributed by atoms with van der Waals surface area (Å²) < 4.78 is 5.39. The fourth-order valence-corrected chi connectivity index (χ4v) is 2.45. The first-order chi connectivity index (χ1) is 8.22. The molecule has 1 aromatic carbocycles. The molecular formula is C14H21NO2. The van der Waals surface area contributed by atoms with E-state index in [4.69, 9.17) is 4.74 Å². The van der Waals surface area contributed by atoms with E-state index < -0.39 is 0 Å². The average Bonchev–Trinajstić information content (AvgIpc) is 2.39. The number of nitrogens with zero attached hydrogens (tertiary/aromatic N) is 1. The molecule has 0 saturated carbocycles. The number of hydrogen-bond donors (Lipinski definition) is 1. The fraction of sp³-hybridized carbons (Fsp3) is 0.571. The van der Waals surface area contributed by atoms with Crippen LogP contribution in [0.1, 0.15) is 24.0 Å². The lowest BCUT2D eigenvalue weighted by molar-refractivity contribution is 0.0854. The van der Waals surface area contributed by atoms with Gasteiger partial charge in [0, 0.05) is 37.6 Å². The Morgan fingerprint density at radius 2 is 2.06 bits per heavy atom. The first-order valence-electron chi connectivity index (χ1n) is 6.23. The number of ether oxygens (including phenoxy) is 1. The summed E-state index contributed by atoms with van der Waals surface area (Å²) >= 11 is 0. The Bertz CT molecular complexity index is 372. The zero-order valence-electron chi connectivity index (χ0n) is 10.6. The van der Waals surface area contributed by atoms with E-state index >= 15 is 0 Å². The Hall–Kier alpha value is -1.06. The lowest BCUT2D eigenvalue weighted by atomic mass is 10.0. The second-order valence-corrected chi connectivity index (χ2v) is 4.74. The Morgan fingerprint density at radius 3 is 2.71 bits per heavy atom. The highest BCUT2D eigenvalue weighted by molar-refractivity contribution is 5.55. The molecule has 3 nitrogen and oxygen atoms in total. The van der Waals surface area contributed by atoms with Gasteiger partial charge in [-0.1, -0.05) is 17.7 Å². The van der Waals surface area contributed by atoms with E-state index in [2.05, 4.69) is 37.1 Å². The molecule has 0 aromatic heterocycles. The minimum Gasteiger partial charge on any atom is -0.392 e. The van der Waals surface area contributed by atoms with Crippen LogP contribution in [-0.4, -0.2) is 31.4 Å². The minimum absolute atomic E-state index is 0.102. The van der Waals surface area contributed by atoms with Gasteiger partial charge in [-0.05, 0) is 25.8 Å². The molecule has 1 N–H and O–H groups in total. The molecule has 1 aliphatic heterocycles. The van der Waals surface area contributed by atoms with Crippen molar-refractivity contribution in [2.75, 3.05) is 25.2 Å². The molecule has 1 heterocycles. The summed E-state index contributed by atoms with van der Waals surface area (Å²) in [7, 11) is 2.11. The average molecular weight is 235 g/mol. The van der Waals surface area contributed by atoms with Gasteiger partial charge >= 0.3 is 0 Å². The molecule has 0 spiro atoms. The van der Waals surface area contributed by atoms with Crippen molar-refractivity contribution in [3.63, 3.8) is 0 Å². The molecule has 0 amide bonds. The van der Waals surface area contributed by atoms with Crippen LogP contribution in [0.15, 0.2) is 18.2 Å². The van der Waals surface area contributed by atoms with Crippen molar-refractivity contribution in [1.82, 2.24) is 0 Å². The van der Waals surface area contributed by atoms with E-state index in [1.807, 2.05) is 0 Å². The quantitative estimate of drug-likeness (QED) is 0.871. The molecule has 94 valence electrons. The van der Waals surface area contributed by atoms with Gasteiger partial charge < -0.3 is 14.7 Å². The number of aryl methyl sites for hydroxylation is 1. The van der Waals surface area contributed by atoms with E-state index in [-0.39, 0.29) is 6.61 Å². The highest BCUT2D eigenvalue weighted by atomic mass is 16.5. The predicted octanol–water partition coefficient (Wildman–Crippen LogP) is 2.10. The minimum atomic E-state index is 0.102. The second-order valence-electron chi connectivity index (χ2n) is 4.74. The van der Waals surface area contributed by atoms with Gasteiger partial charge in [0.2, 0.25) is 0 Å². The molecule has 1 aromatic rings. The van der Waals surface area contributed by atoms with Gasteiger partial charge in [-0.15, -0.1) is 0 Å². The third-order valence-corrected chi connectivity index (χ3v) is 3.52. The topological polar surface area (TPSA) is 32.7 Å². The van der Waals surface area contributed by atoms with Gasteiger partial charge in [0.05, 0.1) is 6.61 Å². The molecule has 1 saturated heterocycles. The van der Waals surface area contributed by atoms with Crippen LogP contribution in [0.3, 0.4) is 0 Å². The van der Waals surface area contributed by atoms with Gasteiger partial charge in [-0.3, -0.25) is 0 Å². The molecule has 0 radical (unpaired) electrons. The summed E-state index contributed by atoms with van der Waals surface area (Å²) in [4.78, 5) is 2.29. The van der Waals surface area contributed by atoms with Gasteiger partial charge in [-0.25, -0.2) is 0 Å². The monoisotopic (exact) mass is 235 g/mol. The largest absolute Gasteiger partial charge is 0.392 e. The van der Waals surface area contributed by atoms with Crippen molar-refractivity contribution in [3.8, 4) is 0 Å². The number of anilines is 1. The van der Waals surface area contributed by atoms with Crippen molar-refractivity contribution < 1.29 is 9.84 Å². The summed E-state index contributed by atoms with van der Waals surface area (Å²) in [6.07, 6.45) is 2.13. The zero-order chi connectivity index (χ0) is 12.3. The van der Waals surface area contributed by atoms with Crippen LogP contribution in [-0.2, 0) is 11.3 Å². The molecule has 2 rings (SSSR count). The normalized spacial score (nSPS) is 17.1. The molecular weight excluding hydrogens is 214 g/mol. The number of aliphatic hydroxyl groups is 1. The van der Waals surface area contributed by atoms with Gasteiger partial charge in [0.15, 0.2) is 0 Å². The summed E-state index contributed by atoms with van der Waals surface area (Å²) in [6.45, 7) is 3.84. The predicted molar refractivity (Wildman–Crippen MR) is 69.3 cm³/mol. The zero-order valence-corrected chi connectivity index (χ0v) is 10.6. The smallest absolute Gasteiger partial charge is 0.0702 e. The van der Waals surface area contributed by atoms with Gasteiger partial charge in [-0.2, -0.15) is 0 Å². The van der Waals surface area contributed by atoms with Crippen LogP contribution in [0.2, 0.25) is 0 Å². The number of aliphatic hydroxyl groups excluding tert-OH is 1. The van der Waals surface area contributed by atoms with Crippen molar-refractivity contribution in [3.05, 3.63) is 29.3 Å². The third-order valence-electron chi connectivity index (χ3n) is 3.52. The number of hydrogen-bond acceptors (Lipinski definition) is 3. The van der Waals surface area contributed by atoms with E-state index in [0.29, 0.717) is 6.04 Å². The standard InChI is InChI=1S/C14H21NO2/c1-11-3-4-14(12(9-11)10-16)15(2)13-5-7-17-8-6-13/h3-4,9,13,16H,5-8,10H2,1-2H3. The van der Waals surface area contributed by atoms with E-state index in [1.54, 1.807) is 0 Å². The maximum Gasteiger partial charge on any atom is 0.0702 e. The Labute approximate surface area is 103 Å². The second kappa shape index (κ2) is 5.52. The van der Waals surface area contributed by atoms with Gasteiger partial charge in [0.25, 0.3) is 0 Å². The van der Waals surface area contributed by atoms with Crippen molar-refractivity contribution >= 4 is 5.69 Å². The lowest BCUT2D eigenvalue weighted by Crippen LogP contribution is -2.37. The van der Waals surface area contributed by atoms with E-state index in [0.717, 1.165) is 37.3 Å². The van der Waals surface area contributed by atoms with E-state index in [1.165, 1.54) is 5.56 Å². The molecule has 3 heteroatoms. The SMILES string of the molecule is Cc1ccc(N(C)C2CCOCC2)c(CO)c1. The first kappa shape index (κ1) is 12.4. The fourth-order valence-electron chi connectivity index (χ4n) is 2.45. The van der Waals surface area contributed by atoms with Crippen LogP contribution in [0.5, 0.6) is 0 Å². The maximum absolute atomic E-state index is 9.44. The molecule has 0 aliphatic carbocycles. The molecule has 0 atom stereocenters. The first-order valence-corrected chi connectivity index (χ1v) is 6.23. The number of benzene rings is 1. The van der Waals surface area contributed by atoms with Crippen molar-refractivity contribution in [1.29, 1.82) is 0 Å². The van der Waals surface area contributed by atoms with E-state index in [9.17, 15) is 5.11 Å². The molecule has 17 heavy (non-hydrogen) atoms. The van der Waals surface area contributed by atoms with Crippen molar-refractivity contribution in [2.45, 2.75) is 32.4 Å². The highest BCUT2D eigenvalue weighted by Gasteiger charge is 2.20. The Balaban J connectivity index is 2.19. The van der Waals surface area contributed by atoms with Crippen LogP contribution >= 0.6 is 0 Å². The molecule has 1 fully saturated rings.